The standard InChI is InChI=1S/C15H15ClN2O3/c1-21-15-5-3-2-4-11(15)9-17-10-12-8-13(18(19)20)6-7-14(12)16/h2-8,17H,9-10H2,1H3. The molecule has 6 heteroatoms. The van der Waals surface area contributed by atoms with Crippen LogP contribution in [-0.4, -0.2) is 12.0 Å². The van der Waals surface area contributed by atoms with Crippen molar-refractivity contribution in [2.75, 3.05) is 7.11 Å². The van der Waals surface area contributed by atoms with E-state index in [1.165, 1.54) is 12.1 Å². The van der Waals surface area contributed by atoms with Crippen LogP contribution in [0, 0.1) is 10.1 Å². The summed E-state index contributed by atoms with van der Waals surface area (Å²) < 4.78 is 5.27. The number of nitrogens with one attached hydrogen (secondary N) is 1. The average molecular weight is 307 g/mol. The molecular weight excluding hydrogens is 292 g/mol. The van der Waals surface area contributed by atoms with Gasteiger partial charge in [-0.3, -0.25) is 10.1 Å². The summed E-state index contributed by atoms with van der Waals surface area (Å²) in [6.07, 6.45) is 0. The van der Waals surface area contributed by atoms with Gasteiger partial charge in [-0.2, -0.15) is 0 Å². The van der Waals surface area contributed by atoms with Crippen LogP contribution in [0.2, 0.25) is 5.02 Å². The van der Waals surface area contributed by atoms with Crippen LogP contribution in [0.1, 0.15) is 11.1 Å². The van der Waals surface area contributed by atoms with Crippen LogP contribution in [0.25, 0.3) is 0 Å². The van der Waals surface area contributed by atoms with Gasteiger partial charge in [0, 0.05) is 35.8 Å². The molecule has 0 heterocycles. The minimum Gasteiger partial charge on any atom is -0.496 e. The molecule has 0 saturated carbocycles. The van der Waals surface area contributed by atoms with Crippen molar-refractivity contribution in [2.24, 2.45) is 0 Å². The van der Waals surface area contributed by atoms with E-state index in [9.17, 15) is 10.1 Å². The van der Waals surface area contributed by atoms with Gasteiger partial charge >= 0.3 is 0 Å². The predicted molar refractivity (Wildman–Crippen MR) is 81.6 cm³/mol. The molecule has 0 fully saturated rings. The van der Waals surface area contributed by atoms with Crippen LogP contribution >= 0.6 is 11.6 Å². The van der Waals surface area contributed by atoms with E-state index in [0.29, 0.717) is 23.7 Å². The lowest BCUT2D eigenvalue weighted by molar-refractivity contribution is -0.384. The largest absolute Gasteiger partial charge is 0.496 e. The summed E-state index contributed by atoms with van der Waals surface area (Å²) in [5, 5.41) is 14.5. The molecule has 2 aromatic rings. The summed E-state index contributed by atoms with van der Waals surface area (Å²) in [5.41, 5.74) is 1.75. The minimum absolute atomic E-state index is 0.0356. The Balaban J connectivity index is 2.03. The summed E-state index contributed by atoms with van der Waals surface area (Å²) in [6, 6.07) is 12.1. The van der Waals surface area contributed by atoms with Gasteiger partial charge in [0.2, 0.25) is 0 Å². The van der Waals surface area contributed by atoms with Crippen LogP contribution in [0.4, 0.5) is 5.69 Å². The molecule has 0 unspecified atom stereocenters. The monoisotopic (exact) mass is 306 g/mol. The molecule has 0 saturated heterocycles. The Bertz CT molecular complexity index is 647. The summed E-state index contributed by atoms with van der Waals surface area (Å²) >= 11 is 6.05. The highest BCUT2D eigenvalue weighted by atomic mass is 35.5. The third-order valence-electron chi connectivity index (χ3n) is 3.06. The highest BCUT2D eigenvalue weighted by Crippen LogP contribution is 2.22. The first-order valence-electron chi connectivity index (χ1n) is 6.37. The van der Waals surface area contributed by atoms with Crippen molar-refractivity contribution in [1.29, 1.82) is 0 Å². The third kappa shape index (κ3) is 3.93. The molecule has 0 aliphatic heterocycles. The van der Waals surface area contributed by atoms with Crippen LogP contribution in [0.15, 0.2) is 42.5 Å². The molecule has 0 aromatic heterocycles. The van der Waals surface area contributed by atoms with Gasteiger partial charge in [-0.1, -0.05) is 29.8 Å². The maximum absolute atomic E-state index is 10.8. The van der Waals surface area contributed by atoms with E-state index in [4.69, 9.17) is 16.3 Å². The van der Waals surface area contributed by atoms with Crippen molar-refractivity contribution < 1.29 is 9.66 Å². The predicted octanol–water partition coefficient (Wildman–Crippen LogP) is 3.55. The number of methoxy groups -OCH3 is 1. The smallest absolute Gasteiger partial charge is 0.269 e. The zero-order chi connectivity index (χ0) is 15.2. The second kappa shape index (κ2) is 7.06. The van der Waals surface area contributed by atoms with Crippen LogP contribution in [-0.2, 0) is 13.1 Å². The van der Waals surface area contributed by atoms with Gasteiger partial charge in [-0.25, -0.2) is 0 Å². The van der Waals surface area contributed by atoms with Gasteiger partial charge in [0.25, 0.3) is 5.69 Å². The quantitative estimate of drug-likeness (QED) is 0.655. The SMILES string of the molecule is COc1ccccc1CNCc1cc([N+](=O)[O-])ccc1Cl. The fraction of sp³-hybridized carbons (Fsp3) is 0.200. The summed E-state index contributed by atoms with van der Waals surface area (Å²) in [4.78, 5) is 10.3. The maximum atomic E-state index is 10.8. The number of benzene rings is 2. The highest BCUT2D eigenvalue weighted by molar-refractivity contribution is 6.31. The van der Waals surface area contributed by atoms with Crippen LogP contribution < -0.4 is 10.1 Å². The number of nitrogens with zero attached hydrogens (tertiary/aromatic N) is 1. The first-order valence-corrected chi connectivity index (χ1v) is 6.75. The molecule has 0 radical (unpaired) electrons. The minimum atomic E-state index is -0.431. The van der Waals surface area contributed by atoms with E-state index in [1.807, 2.05) is 24.3 Å². The number of rotatable bonds is 6. The molecule has 2 aromatic carbocycles. The normalized spacial score (nSPS) is 10.4. The fourth-order valence-corrected chi connectivity index (χ4v) is 2.18. The van der Waals surface area contributed by atoms with Gasteiger partial charge in [0.05, 0.1) is 12.0 Å². The molecule has 0 atom stereocenters. The van der Waals surface area contributed by atoms with Gasteiger partial charge in [0.1, 0.15) is 5.75 Å². The fourth-order valence-electron chi connectivity index (χ4n) is 1.99. The molecule has 0 aliphatic rings. The van der Waals surface area contributed by atoms with E-state index in [1.54, 1.807) is 13.2 Å². The molecule has 21 heavy (non-hydrogen) atoms. The van der Waals surface area contributed by atoms with Crippen molar-refractivity contribution in [1.82, 2.24) is 5.32 Å². The summed E-state index contributed by atoms with van der Waals surface area (Å²) in [7, 11) is 1.62. The van der Waals surface area contributed by atoms with Gasteiger partial charge in [-0.05, 0) is 17.7 Å². The first kappa shape index (κ1) is 15.3. The van der Waals surface area contributed by atoms with E-state index in [2.05, 4.69) is 5.32 Å². The zero-order valence-corrected chi connectivity index (χ0v) is 12.3. The number of hydrogen-bond donors (Lipinski definition) is 1. The molecule has 1 N–H and O–H groups in total. The lowest BCUT2D eigenvalue weighted by Gasteiger charge is -2.10. The molecule has 5 nitrogen and oxygen atoms in total. The molecule has 2 rings (SSSR count). The Morgan fingerprint density at radius 2 is 1.90 bits per heavy atom. The van der Waals surface area contributed by atoms with E-state index in [-0.39, 0.29) is 5.69 Å². The molecular formula is C15H15ClN2O3. The Hall–Kier alpha value is -2.11. The molecule has 0 aliphatic carbocycles. The van der Waals surface area contributed by atoms with E-state index in [0.717, 1.165) is 11.3 Å². The number of ether oxygens (including phenoxy) is 1. The number of para-hydroxylation sites is 1. The van der Waals surface area contributed by atoms with Gasteiger partial charge < -0.3 is 10.1 Å². The molecule has 0 amide bonds. The lowest BCUT2D eigenvalue weighted by atomic mass is 10.1. The van der Waals surface area contributed by atoms with Crippen molar-refractivity contribution >= 4 is 17.3 Å². The number of halogens is 1. The van der Waals surface area contributed by atoms with E-state index < -0.39 is 4.92 Å². The lowest BCUT2D eigenvalue weighted by Crippen LogP contribution is -2.13. The van der Waals surface area contributed by atoms with Gasteiger partial charge in [-0.15, -0.1) is 0 Å². The second-order valence-electron chi connectivity index (χ2n) is 4.45. The summed E-state index contributed by atoms with van der Waals surface area (Å²) in [6.45, 7) is 1.03. The van der Waals surface area contributed by atoms with Crippen molar-refractivity contribution in [2.45, 2.75) is 13.1 Å². The Morgan fingerprint density at radius 1 is 1.19 bits per heavy atom. The van der Waals surface area contributed by atoms with Crippen molar-refractivity contribution in [3.05, 3.63) is 68.7 Å². The van der Waals surface area contributed by atoms with Crippen molar-refractivity contribution in [3.63, 3.8) is 0 Å². The number of nitro groups is 1. The summed E-state index contributed by atoms with van der Waals surface area (Å²) in [5.74, 6) is 0.801. The maximum Gasteiger partial charge on any atom is 0.269 e. The highest BCUT2D eigenvalue weighted by Gasteiger charge is 2.09. The molecule has 0 spiro atoms. The Morgan fingerprint density at radius 3 is 2.62 bits per heavy atom. The third-order valence-corrected chi connectivity index (χ3v) is 3.43. The van der Waals surface area contributed by atoms with Crippen LogP contribution in [0.5, 0.6) is 5.75 Å². The van der Waals surface area contributed by atoms with Gasteiger partial charge in [0.15, 0.2) is 0 Å². The second-order valence-corrected chi connectivity index (χ2v) is 4.86. The zero-order valence-electron chi connectivity index (χ0n) is 11.5. The Kier molecular flexibility index (Phi) is 5.14. The van der Waals surface area contributed by atoms with Crippen LogP contribution in [0.3, 0.4) is 0 Å². The molecule has 110 valence electrons. The topological polar surface area (TPSA) is 64.4 Å². The first-order chi connectivity index (χ1) is 10.1. The number of nitro benzene ring substituents is 1. The molecule has 0 bridgehead atoms. The van der Waals surface area contributed by atoms with E-state index >= 15 is 0 Å². The Labute approximate surface area is 127 Å². The number of non-ortho nitro benzene ring substituents is 1. The van der Waals surface area contributed by atoms with Crippen molar-refractivity contribution in [3.8, 4) is 5.75 Å². The number of hydrogen-bond acceptors (Lipinski definition) is 4. The average Bonchev–Trinajstić information content (AvgIpc) is 2.49.